The lowest BCUT2D eigenvalue weighted by molar-refractivity contribution is 0.506. The monoisotopic (exact) mass is 204 g/mol. The summed E-state index contributed by atoms with van der Waals surface area (Å²) in [5.41, 5.74) is 3.71. The van der Waals surface area contributed by atoms with Crippen LogP contribution in [-0.4, -0.2) is 4.57 Å². The van der Waals surface area contributed by atoms with Crippen LogP contribution < -0.4 is 0 Å². The minimum atomic E-state index is 0.529. The highest BCUT2D eigenvalue weighted by Gasteiger charge is 2.08. The van der Waals surface area contributed by atoms with E-state index in [9.17, 15) is 0 Å². The molecule has 0 radical (unpaired) electrons. The molecule has 1 heterocycles. The first kappa shape index (κ1) is 11.8. The molecule has 0 atom stereocenters. The summed E-state index contributed by atoms with van der Waals surface area (Å²) in [7, 11) is 0. The van der Waals surface area contributed by atoms with E-state index in [2.05, 4.69) is 44.4 Å². The molecule has 0 amide bonds. The summed E-state index contributed by atoms with van der Waals surface area (Å²) in [4.78, 5) is 0. The number of hydrogen-bond donors (Lipinski definition) is 0. The second kappa shape index (κ2) is 5.02. The van der Waals surface area contributed by atoms with Gasteiger partial charge in [-0.25, -0.2) is 0 Å². The molecule has 0 aromatic carbocycles. The molecule has 0 unspecified atom stereocenters. The van der Waals surface area contributed by atoms with Gasteiger partial charge in [0.15, 0.2) is 0 Å². The van der Waals surface area contributed by atoms with Gasteiger partial charge in [0.25, 0.3) is 0 Å². The average molecular weight is 204 g/mol. The molecular weight excluding hydrogens is 184 g/mol. The van der Waals surface area contributed by atoms with E-state index < -0.39 is 0 Å². The van der Waals surface area contributed by atoms with E-state index in [0.29, 0.717) is 6.42 Å². The molecule has 2 nitrogen and oxygen atoms in total. The second-order valence-corrected chi connectivity index (χ2v) is 4.57. The van der Waals surface area contributed by atoms with Crippen molar-refractivity contribution in [1.82, 2.24) is 4.57 Å². The van der Waals surface area contributed by atoms with Crippen LogP contribution in [0.15, 0.2) is 6.07 Å². The van der Waals surface area contributed by atoms with Gasteiger partial charge < -0.3 is 4.57 Å². The summed E-state index contributed by atoms with van der Waals surface area (Å²) in [6.07, 6.45) is 1.73. The topological polar surface area (TPSA) is 28.7 Å². The fourth-order valence-corrected chi connectivity index (χ4v) is 1.87. The van der Waals surface area contributed by atoms with Crippen molar-refractivity contribution in [2.75, 3.05) is 0 Å². The molecule has 0 aliphatic rings. The molecule has 0 saturated carbocycles. The van der Waals surface area contributed by atoms with Crippen molar-refractivity contribution in [2.24, 2.45) is 5.92 Å². The third-order valence-electron chi connectivity index (χ3n) is 2.88. The quantitative estimate of drug-likeness (QED) is 0.740. The third-order valence-corrected chi connectivity index (χ3v) is 2.88. The van der Waals surface area contributed by atoms with Crippen molar-refractivity contribution in [3.63, 3.8) is 0 Å². The van der Waals surface area contributed by atoms with Gasteiger partial charge in [0, 0.05) is 17.9 Å². The first-order valence-electron chi connectivity index (χ1n) is 5.58. The maximum absolute atomic E-state index is 8.70. The summed E-state index contributed by atoms with van der Waals surface area (Å²) >= 11 is 0. The molecule has 0 aliphatic carbocycles. The van der Waals surface area contributed by atoms with E-state index in [1.54, 1.807) is 0 Å². The van der Waals surface area contributed by atoms with Crippen molar-refractivity contribution in [3.8, 4) is 6.07 Å². The Morgan fingerprint density at radius 2 is 2.07 bits per heavy atom. The minimum Gasteiger partial charge on any atom is -0.349 e. The molecular formula is C13H20N2. The Labute approximate surface area is 92.5 Å². The van der Waals surface area contributed by atoms with Crippen LogP contribution in [0.1, 0.15) is 37.2 Å². The molecule has 15 heavy (non-hydrogen) atoms. The fourth-order valence-electron chi connectivity index (χ4n) is 1.87. The zero-order chi connectivity index (χ0) is 11.4. The fraction of sp³-hybridized carbons (Fsp3) is 0.615. The first-order valence-corrected chi connectivity index (χ1v) is 5.58. The Balaban J connectivity index is 2.84. The number of hydrogen-bond acceptors (Lipinski definition) is 1. The SMILES string of the molecule is Cc1cc(CC#N)c(C)n1CCC(C)C. The predicted molar refractivity (Wildman–Crippen MR) is 62.7 cm³/mol. The minimum absolute atomic E-state index is 0.529. The van der Waals surface area contributed by atoms with Gasteiger partial charge in [0.1, 0.15) is 0 Å². The Hall–Kier alpha value is -1.23. The van der Waals surface area contributed by atoms with Crippen molar-refractivity contribution in [3.05, 3.63) is 23.0 Å². The lowest BCUT2D eigenvalue weighted by atomic mass is 10.1. The summed E-state index contributed by atoms with van der Waals surface area (Å²) in [5, 5.41) is 8.70. The average Bonchev–Trinajstić information content (AvgIpc) is 2.40. The highest BCUT2D eigenvalue weighted by atomic mass is 15.0. The van der Waals surface area contributed by atoms with Crippen LogP contribution in [0.25, 0.3) is 0 Å². The third kappa shape index (κ3) is 2.86. The molecule has 82 valence electrons. The summed E-state index contributed by atoms with van der Waals surface area (Å²) in [5.74, 6) is 0.727. The van der Waals surface area contributed by atoms with Gasteiger partial charge in [-0.15, -0.1) is 0 Å². The highest BCUT2D eigenvalue weighted by molar-refractivity contribution is 5.28. The smallest absolute Gasteiger partial charge is 0.0670 e. The molecule has 1 aromatic heterocycles. The normalized spacial score (nSPS) is 10.7. The molecule has 0 N–H and O–H groups in total. The number of nitriles is 1. The van der Waals surface area contributed by atoms with E-state index in [-0.39, 0.29) is 0 Å². The van der Waals surface area contributed by atoms with Gasteiger partial charge in [-0.05, 0) is 37.8 Å². The van der Waals surface area contributed by atoms with Crippen LogP contribution in [0.5, 0.6) is 0 Å². The van der Waals surface area contributed by atoms with Gasteiger partial charge >= 0.3 is 0 Å². The van der Waals surface area contributed by atoms with Crippen LogP contribution in [0.4, 0.5) is 0 Å². The molecule has 0 bridgehead atoms. The van der Waals surface area contributed by atoms with Crippen molar-refractivity contribution in [2.45, 2.75) is 47.1 Å². The van der Waals surface area contributed by atoms with Crippen LogP contribution in [0, 0.1) is 31.1 Å². The predicted octanol–water partition coefficient (Wildman–Crippen LogP) is 3.22. The molecule has 0 aliphatic heterocycles. The van der Waals surface area contributed by atoms with E-state index in [1.165, 1.54) is 23.4 Å². The Bertz CT molecular complexity index is 367. The van der Waals surface area contributed by atoms with Crippen LogP contribution in [0.2, 0.25) is 0 Å². The lowest BCUT2D eigenvalue weighted by Crippen LogP contribution is -2.05. The van der Waals surface area contributed by atoms with Gasteiger partial charge in [0.2, 0.25) is 0 Å². The van der Waals surface area contributed by atoms with Crippen molar-refractivity contribution in [1.29, 1.82) is 5.26 Å². The highest BCUT2D eigenvalue weighted by Crippen LogP contribution is 2.17. The number of aromatic nitrogens is 1. The van der Waals surface area contributed by atoms with Gasteiger partial charge in [-0.1, -0.05) is 13.8 Å². The van der Waals surface area contributed by atoms with E-state index >= 15 is 0 Å². The molecule has 1 rings (SSSR count). The van der Waals surface area contributed by atoms with E-state index in [0.717, 1.165) is 12.5 Å². The van der Waals surface area contributed by atoms with E-state index in [4.69, 9.17) is 5.26 Å². The maximum atomic E-state index is 8.70. The molecule has 1 aromatic rings. The molecule has 0 spiro atoms. The van der Waals surface area contributed by atoms with Gasteiger partial charge in [0.05, 0.1) is 12.5 Å². The van der Waals surface area contributed by atoms with Gasteiger partial charge in [-0.3, -0.25) is 0 Å². The Morgan fingerprint density at radius 3 is 2.60 bits per heavy atom. The molecule has 0 saturated heterocycles. The standard InChI is InChI=1S/C13H20N2/c1-10(2)6-8-15-11(3)9-13(5-7-14)12(15)4/h9-10H,5-6,8H2,1-4H3. The van der Waals surface area contributed by atoms with Crippen LogP contribution in [-0.2, 0) is 13.0 Å². The van der Waals surface area contributed by atoms with Gasteiger partial charge in [-0.2, -0.15) is 5.26 Å². The molecule has 0 fully saturated rings. The van der Waals surface area contributed by atoms with Crippen molar-refractivity contribution < 1.29 is 0 Å². The lowest BCUT2D eigenvalue weighted by Gasteiger charge is -2.11. The number of nitrogens with zero attached hydrogens (tertiary/aromatic N) is 2. The Morgan fingerprint density at radius 1 is 1.40 bits per heavy atom. The zero-order valence-corrected chi connectivity index (χ0v) is 10.2. The summed E-state index contributed by atoms with van der Waals surface area (Å²) < 4.78 is 2.33. The molecule has 2 heteroatoms. The number of aryl methyl sites for hydroxylation is 1. The summed E-state index contributed by atoms with van der Waals surface area (Å²) in [6.45, 7) is 9.78. The summed E-state index contributed by atoms with van der Waals surface area (Å²) in [6, 6.07) is 4.35. The largest absolute Gasteiger partial charge is 0.349 e. The van der Waals surface area contributed by atoms with Crippen molar-refractivity contribution >= 4 is 0 Å². The van der Waals surface area contributed by atoms with Crippen LogP contribution in [0.3, 0.4) is 0 Å². The Kier molecular flexibility index (Phi) is 3.96. The zero-order valence-electron chi connectivity index (χ0n) is 10.2. The maximum Gasteiger partial charge on any atom is 0.0670 e. The van der Waals surface area contributed by atoms with Crippen LogP contribution >= 0.6 is 0 Å². The second-order valence-electron chi connectivity index (χ2n) is 4.57. The first-order chi connectivity index (χ1) is 7.06. The van der Waals surface area contributed by atoms with E-state index in [1.807, 2.05) is 0 Å². The number of rotatable bonds is 4.